The van der Waals surface area contributed by atoms with Crippen molar-refractivity contribution in [1.82, 2.24) is 19.1 Å². The van der Waals surface area contributed by atoms with Crippen molar-refractivity contribution in [2.24, 2.45) is 7.05 Å². The summed E-state index contributed by atoms with van der Waals surface area (Å²) >= 11 is 12.3. The maximum Gasteiger partial charge on any atom is 0.286 e. The van der Waals surface area contributed by atoms with Gasteiger partial charge in [0.25, 0.3) is 5.56 Å². The van der Waals surface area contributed by atoms with Crippen LogP contribution in [0.15, 0.2) is 53.6 Å². The zero-order valence-electron chi connectivity index (χ0n) is 14.2. The van der Waals surface area contributed by atoms with Crippen molar-refractivity contribution in [2.75, 3.05) is 0 Å². The number of nitrogens with zero attached hydrogens (tertiary/aromatic N) is 4. The third-order valence-corrected chi connectivity index (χ3v) is 4.84. The van der Waals surface area contributed by atoms with Gasteiger partial charge in [-0.25, -0.2) is 14.4 Å². The van der Waals surface area contributed by atoms with Gasteiger partial charge in [0.15, 0.2) is 11.2 Å². The second kappa shape index (κ2) is 6.79. The first kappa shape index (κ1) is 17.7. The normalized spacial score (nSPS) is 11.3. The molecule has 0 fully saturated rings. The van der Waals surface area contributed by atoms with Crippen LogP contribution in [0.5, 0.6) is 0 Å². The number of rotatable bonds is 3. The largest absolute Gasteiger partial charge is 0.318 e. The molecule has 0 atom stereocenters. The molecule has 0 aliphatic carbocycles. The van der Waals surface area contributed by atoms with E-state index in [1.165, 1.54) is 35.2 Å². The minimum atomic E-state index is -0.388. The van der Waals surface area contributed by atoms with E-state index in [9.17, 15) is 9.18 Å². The molecule has 4 rings (SSSR count). The molecule has 4 aromatic rings. The van der Waals surface area contributed by atoms with Crippen LogP contribution in [-0.4, -0.2) is 19.1 Å². The summed E-state index contributed by atoms with van der Waals surface area (Å²) < 4.78 is 16.5. The van der Waals surface area contributed by atoms with Gasteiger partial charge in [-0.05, 0) is 42.0 Å². The summed E-state index contributed by atoms with van der Waals surface area (Å²) in [5.41, 5.74) is 1.66. The SMILES string of the molecule is Cn1cnc2c(=O)n(-c3ccc(F)cc3)c(Cc3ccc(Cl)cc3Cl)nc21. The van der Waals surface area contributed by atoms with Gasteiger partial charge in [-0.1, -0.05) is 29.3 Å². The molecule has 2 aromatic carbocycles. The molecule has 0 unspecified atom stereocenters. The lowest BCUT2D eigenvalue weighted by molar-refractivity contribution is 0.627. The fraction of sp³-hybridized carbons (Fsp3) is 0.105. The Bertz CT molecular complexity index is 1220. The maximum atomic E-state index is 13.3. The zero-order chi connectivity index (χ0) is 19.1. The summed E-state index contributed by atoms with van der Waals surface area (Å²) in [6.07, 6.45) is 1.83. The van der Waals surface area contributed by atoms with Crippen LogP contribution in [0.4, 0.5) is 4.39 Å². The highest BCUT2D eigenvalue weighted by Crippen LogP contribution is 2.24. The number of fused-ring (bicyclic) bond motifs is 1. The van der Waals surface area contributed by atoms with Gasteiger partial charge in [0.05, 0.1) is 12.0 Å². The molecule has 0 N–H and O–H groups in total. The van der Waals surface area contributed by atoms with Crippen LogP contribution in [0.25, 0.3) is 16.9 Å². The zero-order valence-corrected chi connectivity index (χ0v) is 15.7. The predicted molar refractivity (Wildman–Crippen MR) is 103 cm³/mol. The van der Waals surface area contributed by atoms with Crippen LogP contribution in [-0.2, 0) is 13.5 Å². The molecule has 0 spiro atoms. The fourth-order valence-electron chi connectivity index (χ4n) is 2.91. The molecular formula is C19H13Cl2FN4O. The lowest BCUT2D eigenvalue weighted by atomic mass is 10.1. The molecule has 0 saturated heterocycles. The van der Waals surface area contributed by atoms with Crippen molar-refractivity contribution in [1.29, 1.82) is 0 Å². The van der Waals surface area contributed by atoms with Crippen LogP contribution >= 0.6 is 23.2 Å². The molecule has 2 heterocycles. The Balaban J connectivity index is 1.96. The summed E-state index contributed by atoms with van der Waals surface area (Å²) in [7, 11) is 1.77. The van der Waals surface area contributed by atoms with E-state index in [1.807, 2.05) is 0 Å². The number of imidazole rings is 1. The first-order valence-electron chi connectivity index (χ1n) is 8.07. The standard InChI is InChI=1S/C19H13Cl2FN4O/c1-25-10-23-17-18(25)24-16(8-11-2-3-12(20)9-15(11)21)26(19(17)27)14-6-4-13(22)5-7-14/h2-7,9-10H,8H2,1H3. The van der Waals surface area contributed by atoms with Crippen LogP contribution in [0, 0.1) is 5.82 Å². The average Bonchev–Trinajstić information content (AvgIpc) is 3.00. The van der Waals surface area contributed by atoms with E-state index >= 15 is 0 Å². The van der Waals surface area contributed by atoms with Crippen molar-refractivity contribution in [2.45, 2.75) is 6.42 Å². The smallest absolute Gasteiger partial charge is 0.286 e. The van der Waals surface area contributed by atoms with E-state index in [1.54, 1.807) is 29.8 Å². The lowest BCUT2D eigenvalue weighted by Crippen LogP contribution is -2.24. The highest BCUT2D eigenvalue weighted by molar-refractivity contribution is 6.35. The number of hydrogen-bond acceptors (Lipinski definition) is 3. The molecule has 136 valence electrons. The molecule has 8 heteroatoms. The number of benzene rings is 2. The van der Waals surface area contributed by atoms with Gasteiger partial charge in [-0.3, -0.25) is 9.36 Å². The Labute approximate surface area is 163 Å². The molecular weight excluding hydrogens is 390 g/mol. The molecule has 0 aliphatic rings. The van der Waals surface area contributed by atoms with Crippen molar-refractivity contribution in [3.63, 3.8) is 0 Å². The van der Waals surface area contributed by atoms with Crippen molar-refractivity contribution < 1.29 is 4.39 Å². The molecule has 0 bridgehead atoms. The van der Waals surface area contributed by atoms with Gasteiger partial charge in [0.2, 0.25) is 0 Å². The van der Waals surface area contributed by atoms with Gasteiger partial charge in [0.1, 0.15) is 11.6 Å². The molecule has 0 aliphatic heterocycles. The average molecular weight is 403 g/mol. The molecule has 2 aromatic heterocycles. The van der Waals surface area contributed by atoms with Gasteiger partial charge >= 0.3 is 0 Å². The van der Waals surface area contributed by atoms with Crippen molar-refractivity contribution in [3.8, 4) is 5.69 Å². The summed E-state index contributed by atoms with van der Waals surface area (Å²) in [5, 5.41) is 1.00. The number of aromatic nitrogens is 4. The van der Waals surface area contributed by atoms with E-state index in [-0.39, 0.29) is 16.9 Å². The first-order valence-corrected chi connectivity index (χ1v) is 8.82. The van der Waals surface area contributed by atoms with Gasteiger partial charge in [-0.2, -0.15) is 0 Å². The van der Waals surface area contributed by atoms with Gasteiger partial charge in [-0.15, -0.1) is 0 Å². The van der Waals surface area contributed by atoms with Gasteiger partial charge in [0, 0.05) is 23.5 Å². The maximum absolute atomic E-state index is 13.3. The number of halogens is 3. The number of aryl methyl sites for hydroxylation is 1. The van der Waals surface area contributed by atoms with Crippen molar-refractivity contribution >= 4 is 34.4 Å². The quantitative estimate of drug-likeness (QED) is 0.516. The van der Waals surface area contributed by atoms with Crippen LogP contribution in [0.1, 0.15) is 11.4 Å². The number of hydrogen-bond donors (Lipinski definition) is 0. The van der Waals surface area contributed by atoms with Crippen LogP contribution in [0.3, 0.4) is 0 Å². The van der Waals surface area contributed by atoms with Crippen LogP contribution < -0.4 is 5.56 Å². The van der Waals surface area contributed by atoms with E-state index in [0.29, 0.717) is 33.6 Å². The molecule has 0 amide bonds. The predicted octanol–water partition coefficient (Wildman–Crippen LogP) is 4.16. The molecule has 5 nitrogen and oxygen atoms in total. The molecule has 27 heavy (non-hydrogen) atoms. The second-order valence-electron chi connectivity index (χ2n) is 6.09. The van der Waals surface area contributed by atoms with E-state index < -0.39 is 0 Å². The van der Waals surface area contributed by atoms with E-state index in [0.717, 1.165) is 5.56 Å². The monoisotopic (exact) mass is 402 g/mol. The van der Waals surface area contributed by atoms with Crippen LogP contribution in [0.2, 0.25) is 10.0 Å². The topological polar surface area (TPSA) is 52.7 Å². The Morgan fingerprint density at radius 2 is 1.85 bits per heavy atom. The van der Waals surface area contributed by atoms with Gasteiger partial charge < -0.3 is 4.57 Å². The summed E-state index contributed by atoms with van der Waals surface area (Å²) in [4.78, 5) is 21.9. The Morgan fingerprint density at radius 1 is 1.11 bits per heavy atom. The summed E-state index contributed by atoms with van der Waals surface area (Å²) in [6.45, 7) is 0. The second-order valence-corrected chi connectivity index (χ2v) is 6.93. The first-order chi connectivity index (χ1) is 12.9. The highest BCUT2D eigenvalue weighted by Gasteiger charge is 2.17. The Morgan fingerprint density at radius 3 is 2.56 bits per heavy atom. The summed E-state index contributed by atoms with van der Waals surface area (Å²) in [6, 6.07) is 10.8. The molecule has 0 saturated carbocycles. The fourth-order valence-corrected chi connectivity index (χ4v) is 3.39. The third-order valence-electron chi connectivity index (χ3n) is 4.25. The van der Waals surface area contributed by atoms with Crippen molar-refractivity contribution in [3.05, 3.63) is 86.4 Å². The Kier molecular flexibility index (Phi) is 4.45. The summed E-state index contributed by atoms with van der Waals surface area (Å²) in [5.74, 6) is 0.0768. The van der Waals surface area contributed by atoms with E-state index in [2.05, 4.69) is 9.97 Å². The Hall–Kier alpha value is -2.70. The van der Waals surface area contributed by atoms with E-state index in [4.69, 9.17) is 23.2 Å². The third kappa shape index (κ3) is 3.22. The minimum Gasteiger partial charge on any atom is -0.318 e. The lowest BCUT2D eigenvalue weighted by Gasteiger charge is -2.13. The molecule has 0 radical (unpaired) electrons. The highest BCUT2D eigenvalue weighted by atomic mass is 35.5. The minimum absolute atomic E-state index is 0.243.